The Morgan fingerprint density at radius 2 is 2.05 bits per heavy atom. The summed E-state index contributed by atoms with van der Waals surface area (Å²) in [5, 5.41) is 13.7. The Kier molecular flexibility index (Phi) is 3.87. The zero-order valence-corrected chi connectivity index (χ0v) is 11.3. The molecule has 1 aromatic heterocycles. The third-order valence-corrected chi connectivity index (χ3v) is 3.79. The van der Waals surface area contributed by atoms with E-state index in [-0.39, 0.29) is 17.0 Å². The van der Waals surface area contributed by atoms with Crippen molar-refractivity contribution in [3.63, 3.8) is 0 Å². The fourth-order valence-electron chi connectivity index (χ4n) is 1.64. The quantitative estimate of drug-likeness (QED) is 0.924. The molecule has 20 heavy (non-hydrogen) atoms. The van der Waals surface area contributed by atoms with Gasteiger partial charge in [0.15, 0.2) is 21.5 Å². The van der Waals surface area contributed by atoms with Gasteiger partial charge in [0.05, 0.1) is 18.8 Å². The molecule has 1 atom stereocenters. The molecule has 0 aliphatic rings. The first kappa shape index (κ1) is 14.6. The minimum Gasteiger partial charge on any atom is -0.386 e. The highest BCUT2D eigenvalue weighted by molar-refractivity contribution is 7.90. The molecule has 0 aliphatic carbocycles. The molecule has 5 nitrogen and oxygen atoms in total. The summed E-state index contributed by atoms with van der Waals surface area (Å²) in [7, 11) is -3.37. The molecule has 0 amide bonds. The third-order valence-electron chi connectivity index (χ3n) is 2.73. The standard InChI is InChI=1S/C12H12F2N2O3S/c1-20(18,19)9-5-15-16(6-9)7-12(17)8-2-3-10(13)11(14)4-8/h2-6,12,17H,7H2,1H3/t12-/m0/s1. The van der Waals surface area contributed by atoms with Gasteiger partial charge < -0.3 is 5.11 Å². The van der Waals surface area contributed by atoms with Crippen molar-refractivity contribution in [2.75, 3.05) is 6.26 Å². The number of benzene rings is 1. The van der Waals surface area contributed by atoms with Crippen molar-refractivity contribution >= 4 is 9.84 Å². The van der Waals surface area contributed by atoms with Crippen LogP contribution in [0.4, 0.5) is 8.78 Å². The van der Waals surface area contributed by atoms with E-state index in [1.807, 2.05) is 0 Å². The van der Waals surface area contributed by atoms with Crippen molar-refractivity contribution in [3.8, 4) is 0 Å². The number of aliphatic hydroxyl groups is 1. The minimum atomic E-state index is -3.37. The van der Waals surface area contributed by atoms with Crippen LogP contribution in [0.15, 0.2) is 35.5 Å². The van der Waals surface area contributed by atoms with Crippen LogP contribution in [0, 0.1) is 11.6 Å². The molecule has 0 radical (unpaired) electrons. The Hall–Kier alpha value is -1.80. The summed E-state index contributed by atoms with van der Waals surface area (Å²) in [6.07, 6.45) is 2.34. The van der Waals surface area contributed by atoms with Gasteiger partial charge in [-0.1, -0.05) is 6.07 Å². The molecule has 0 bridgehead atoms. The molecule has 0 unspecified atom stereocenters. The van der Waals surface area contributed by atoms with Crippen LogP contribution in [-0.2, 0) is 16.4 Å². The van der Waals surface area contributed by atoms with E-state index in [0.717, 1.165) is 24.6 Å². The molecule has 0 fully saturated rings. The lowest BCUT2D eigenvalue weighted by atomic mass is 10.1. The molecule has 2 aromatic rings. The summed E-state index contributed by atoms with van der Waals surface area (Å²) in [6, 6.07) is 3.06. The van der Waals surface area contributed by atoms with Gasteiger partial charge in [0.1, 0.15) is 4.90 Å². The fraction of sp³-hybridized carbons (Fsp3) is 0.250. The predicted molar refractivity (Wildman–Crippen MR) is 66.7 cm³/mol. The Morgan fingerprint density at radius 3 is 2.60 bits per heavy atom. The van der Waals surface area contributed by atoms with Gasteiger partial charge in [-0.3, -0.25) is 4.68 Å². The van der Waals surface area contributed by atoms with Crippen LogP contribution in [0.2, 0.25) is 0 Å². The lowest BCUT2D eigenvalue weighted by Gasteiger charge is -2.11. The first-order chi connectivity index (χ1) is 9.27. The van der Waals surface area contributed by atoms with Crippen molar-refractivity contribution in [1.82, 2.24) is 9.78 Å². The van der Waals surface area contributed by atoms with E-state index >= 15 is 0 Å². The normalized spacial score (nSPS) is 13.4. The second-order valence-electron chi connectivity index (χ2n) is 4.36. The maximum absolute atomic E-state index is 13.1. The van der Waals surface area contributed by atoms with Crippen LogP contribution < -0.4 is 0 Å². The molecule has 8 heteroatoms. The van der Waals surface area contributed by atoms with Gasteiger partial charge in [0.25, 0.3) is 0 Å². The van der Waals surface area contributed by atoms with Crippen molar-refractivity contribution in [1.29, 1.82) is 0 Å². The lowest BCUT2D eigenvalue weighted by Crippen LogP contribution is -2.09. The average Bonchev–Trinajstić information content (AvgIpc) is 2.81. The van der Waals surface area contributed by atoms with Gasteiger partial charge in [-0.2, -0.15) is 5.10 Å². The molecule has 0 spiro atoms. The van der Waals surface area contributed by atoms with Crippen LogP contribution in [0.25, 0.3) is 0 Å². The summed E-state index contributed by atoms with van der Waals surface area (Å²) < 4.78 is 49.6. The van der Waals surface area contributed by atoms with Crippen LogP contribution in [0.1, 0.15) is 11.7 Å². The van der Waals surface area contributed by atoms with Gasteiger partial charge in [-0.15, -0.1) is 0 Å². The van der Waals surface area contributed by atoms with Crippen molar-refractivity contribution in [2.45, 2.75) is 17.5 Å². The number of rotatable bonds is 4. The first-order valence-electron chi connectivity index (χ1n) is 5.63. The number of hydrogen-bond donors (Lipinski definition) is 1. The Morgan fingerprint density at radius 1 is 1.35 bits per heavy atom. The number of aliphatic hydroxyl groups excluding tert-OH is 1. The van der Waals surface area contributed by atoms with Crippen molar-refractivity contribution < 1.29 is 22.3 Å². The van der Waals surface area contributed by atoms with Crippen LogP contribution in [-0.4, -0.2) is 29.6 Å². The second-order valence-corrected chi connectivity index (χ2v) is 6.38. The zero-order chi connectivity index (χ0) is 14.9. The minimum absolute atomic E-state index is 0.0231. The van der Waals surface area contributed by atoms with Crippen molar-refractivity contribution in [2.24, 2.45) is 0 Å². The number of halogens is 2. The van der Waals surface area contributed by atoms with Crippen LogP contribution in [0.3, 0.4) is 0 Å². The number of aromatic nitrogens is 2. The molecular formula is C12H12F2N2O3S. The van der Waals surface area contributed by atoms with E-state index in [4.69, 9.17) is 0 Å². The summed E-state index contributed by atoms with van der Waals surface area (Å²) in [4.78, 5) is 0.0231. The maximum Gasteiger partial charge on any atom is 0.178 e. The number of nitrogens with zero attached hydrogens (tertiary/aromatic N) is 2. The summed E-state index contributed by atoms with van der Waals surface area (Å²) in [5.41, 5.74) is 0.181. The monoisotopic (exact) mass is 302 g/mol. The van der Waals surface area contributed by atoms with Gasteiger partial charge in [-0.25, -0.2) is 17.2 Å². The highest BCUT2D eigenvalue weighted by Gasteiger charge is 2.14. The lowest BCUT2D eigenvalue weighted by molar-refractivity contribution is 0.151. The predicted octanol–water partition coefficient (Wildman–Crippen LogP) is 1.30. The van der Waals surface area contributed by atoms with Crippen LogP contribution >= 0.6 is 0 Å². The van der Waals surface area contributed by atoms with E-state index < -0.39 is 27.6 Å². The summed E-state index contributed by atoms with van der Waals surface area (Å²) in [6.45, 7) is -0.0689. The molecule has 2 rings (SSSR count). The van der Waals surface area contributed by atoms with Gasteiger partial charge in [0, 0.05) is 12.5 Å². The highest BCUT2D eigenvalue weighted by Crippen LogP contribution is 2.18. The summed E-state index contributed by atoms with van der Waals surface area (Å²) >= 11 is 0. The summed E-state index contributed by atoms with van der Waals surface area (Å²) in [5.74, 6) is -2.06. The molecular weight excluding hydrogens is 290 g/mol. The molecule has 1 heterocycles. The second kappa shape index (κ2) is 5.29. The van der Waals surface area contributed by atoms with Crippen molar-refractivity contribution in [3.05, 3.63) is 47.8 Å². The van der Waals surface area contributed by atoms with E-state index in [0.29, 0.717) is 0 Å². The molecule has 0 saturated carbocycles. The molecule has 0 saturated heterocycles. The van der Waals surface area contributed by atoms with E-state index in [9.17, 15) is 22.3 Å². The number of sulfone groups is 1. The van der Waals surface area contributed by atoms with Crippen LogP contribution in [0.5, 0.6) is 0 Å². The Balaban J connectivity index is 2.17. The van der Waals surface area contributed by atoms with E-state index in [1.54, 1.807) is 0 Å². The van der Waals surface area contributed by atoms with Gasteiger partial charge in [0.2, 0.25) is 0 Å². The number of hydrogen-bond acceptors (Lipinski definition) is 4. The third kappa shape index (κ3) is 3.20. The highest BCUT2D eigenvalue weighted by atomic mass is 32.2. The molecule has 1 aromatic carbocycles. The Labute approximate surface area is 114 Å². The van der Waals surface area contributed by atoms with Gasteiger partial charge >= 0.3 is 0 Å². The first-order valence-corrected chi connectivity index (χ1v) is 7.52. The van der Waals surface area contributed by atoms with E-state index in [1.165, 1.54) is 16.9 Å². The van der Waals surface area contributed by atoms with E-state index in [2.05, 4.69) is 5.10 Å². The largest absolute Gasteiger partial charge is 0.386 e. The SMILES string of the molecule is CS(=O)(=O)c1cnn(C[C@H](O)c2ccc(F)c(F)c2)c1. The molecule has 0 aliphatic heterocycles. The average molecular weight is 302 g/mol. The Bertz CT molecular complexity index is 728. The molecule has 108 valence electrons. The fourth-order valence-corrected chi connectivity index (χ4v) is 2.19. The van der Waals surface area contributed by atoms with Gasteiger partial charge in [-0.05, 0) is 17.7 Å². The topological polar surface area (TPSA) is 72.2 Å². The zero-order valence-electron chi connectivity index (χ0n) is 10.5. The maximum atomic E-state index is 13.1. The smallest absolute Gasteiger partial charge is 0.178 e. The molecule has 1 N–H and O–H groups in total.